The number of amides is 1. The summed E-state index contributed by atoms with van der Waals surface area (Å²) < 4.78 is 0. The first-order valence-electron chi connectivity index (χ1n) is 6.10. The number of hydrogen-bond donors (Lipinski definition) is 3. The van der Waals surface area contributed by atoms with Crippen molar-refractivity contribution in [2.75, 3.05) is 5.32 Å². The van der Waals surface area contributed by atoms with Crippen LogP contribution in [0.3, 0.4) is 0 Å². The number of guanidine groups is 1. The molecule has 2 rings (SSSR count). The molecule has 6 heteroatoms. The zero-order valence-corrected chi connectivity index (χ0v) is 11.1. The Labute approximate surface area is 121 Å². The lowest BCUT2D eigenvalue weighted by atomic mass is 10.1. The predicted molar refractivity (Wildman–Crippen MR) is 81.0 cm³/mol. The number of carbonyl (C=O) groups excluding carboxylic acids is 1. The highest BCUT2D eigenvalue weighted by Crippen LogP contribution is 2.17. The van der Waals surface area contributed by atoms with E-state index in [1.54, 1.807) is 48.5 Å². The van der Waals surface area contributed by atoms with Crippen LogP contribution in [0.15, 0.2) is 53.5 Å². The Morgan fingerprint density at radius 2 is 1.90 bits per heavy atom. The van der Waals surface area contributed by atoms with E-state index in [-0.39, 0.29) is 11.9 Å². The SMILES string of the molecule is N#Cc1ccccc1NC(=O)c1cccc(N=C(N)N)c1. The average Bonchev–Trinajstić information content (AvgIpc) is 2.47. The Hall–Kier alpha value is -3.33. The molecule has 0 aromatic heterocycles. The molecule has 6 nitrogen and oxygen atoms in total. The first-order valence-corrected chi connectivity index (χ1v) is 6.10. The molecule has 0 aliphatic carbocycles. The summed E-state index contributed by atoms with van der Waals surface area (Å²) >= 11 is 0. The van der Waals surface area contributed by atoms with Gasteiger partial charge in [-0.15, -0.1) is 0 Å². The molecule has 1 amide bonds. The molecule has 0 atom stereocenters. The molecule has 21 heavy (non-hydrogen) atoms. The molecule has 0 aliphatic rings. The van der Waals surface area contributed by atoms with Crippen LogP contribution in [-0.2, 0) is 0 Å². The smallest absolute Gasteiger partial charge is 0.255 e. The zero-order valence-electron chi connectivity index (χ0n) is 11.1. The van der Waals surface area contributed by atoms with Crippen LogP contribution in [0.4, 0.5) is 11.4 Å². The summed E-state index contributed by atoms with van der Waals surface area (Å²) in [5.74, 6) is -0.423. The second-order valence-electron chi connectivity index (χ2n) is 4.20. The van der Waals surface area contributed by atoms with Crippen molar-refractivity contribution >= 4 is 23.2 Å². The summed E-state index contributed by atoms with van der Waals surface area (Å²) in [6.45, 7) is 0. The third-order valence-electron chi connectivity index (χ3n) is 2.66. The highest BCUT2D eigenvalue weighted by atomic mass is 16.1. The van der Waals surface area contributed by atoms with Gasteiger partial charge in [-0.2, -0.15) is 5.26 Å². The fourth-order valence-corrected chi connectivity index (χ4v) is 1.75. The van der Waals surface area contributed by atoms with E-state index in [0.29, 0.717) is 22.5 Å². The molecule has 104 valence electrons. The number of para-hydroxylation sites is 1. The van der Waals surface area contributed by atoms with Gasteiger partial charge in [0, 0.05) is 5.56 Å². The minimum Gasteiger partial charge on any atom is -0.370 e. The molecule has 0 fully saturated rings. The van der Waals surface area contributed by atoms with Crippen molar-refractivity contribution in [2.24, 2.45) is 16.5 Å². The van der Waals surface area contributed by atoms with Gasteiger partial charge in [0.1, 0.15) is 6.07 Å². The maximum Gasteiger partial charge on any atom is 0.255 e. The Morgan fingerprint density at radius 3 is 2.62 bits per heavy atom. The van der Waals surface area contributed by atoms with Crippen LogP contribution < -0.4 is 16.8 Å². The van der Waals surface area contributed by atoms with Crippen LogP contribution >= 0.6 is 0 Å². The Kier molecular flexibility index (Phi) is 4.17. The van der Waals surface area contributed by atoms with E-state index in [4.69, 9.17) is 16.7 Å². The van der Waals surface area contributed by atoms with E-state index in [2.05, 4.69) is 10.3 Å². The van der Waals surface area contributed by atoms with Crippen LogP contribution in [0.25, 0.3) is 0 Å². The number of carbonyl (C=O) groups is 1. The molecule has 5 N–H and O–H groups in total. The van der Waals surface area contributed by atoms with Gasteiger partial charge in [0.25, 0.3) is 5.91 Å². The molecule has 0 saturated heterocycles. The number of nitrogens with two attached hydrogens (primary N) is 2. The number of anilines is 1. The summed E-state index contributed by atoms with van der Waals surface area (Å²) in [5, 5.41) is 11.7. The number of nitriles is 1. The van der Waals surface area contributed by atoms with Gasteiger partial charge in [-0.25, -0.2) is 4.99 Å². The van der Waals surface area contributed by atoms with Crippen LogP contribution in [0.5, 0.6) is 0 Å². The van der Waals surface area contributed by atoms with Crippen molar-refractivity contribution in [1.29, 1.82) is 5.26 Å². The third kappa shape index (κ3) is 3.58. The van der Waals surface area contributed by atoms with Gasteiger partial charge >= 0.3 is 0 Å². The molecule has 0 unspecified atom stereocenters. The molecule has 0 heterocycles. The molecular formula is C15H13N5O. The number of hydrogen-bond acceptors (Lipinski definition) is 3. The summed E-state index contributed by atoms with van der Waals surface area (Å²) in [7, 11) is 0. The van der Waals surface area contributed by atoms with Gasteiger partial charge in [-0.3, -0.25) is 4.79 Å². The maximum absolute atomic E-state index is 12.2. The maximum atomic E-state index is 12.2. The number of rotatable bonds is 3. The van der Waals surface area contributed by atoms with E-state index in [9.17, 15) is 4.79 Å². The van der Waals surface area contributed by atoms with Gasteiger partial charge in [-0.05, 0) is 30.3 Å². The molecule has 0 saturated carbocycles. The van der Waals surface area contributed by atoms with Crippen molar-refractivity contribution in [1.82, 2.24) is 0 Å². The minimum absolute atomic E-state index is 0.0811. The number of nitrogens with zero attached hydrogens (tertiary/aromatic N) is 2. The quantitative estimate of drug-likeness (QED) is 0.585. The van der Waals surface area contributed by atoms with Crippen molar-refractivity contribution in [3.63, 3.8) is 0 Å². The third-order valence-corrected chi connectivity index (χ3v) is 2.66. The number of benzene rings is 2. The lowest BCUT2D eigenvalue weighted by Gasteiger charge is -2.07. The summed E-state index contributed by atoms with van der Waals surface area (Å²) in [5.41, 5.74) is 12.3. The van der Waals surface area contributed by atoms with E-state index in [1.165, 1.54) is 0 Å². The highest BCUT2D eigenvalue weighted by molar-refractivity contribution is 6.05. The predicted octanol–water partition coefficient (Wildman–Crippen LogP) is 1.72. The second-order valence-corrected chi connectivity index (χ2v) is 4.20. The van der Waals surface area contributed by atoms with E-state index >= 15 is 0 Å². The average molecular weight is 279 g/mol. The molecular weight excluding hydrogens is 266 g/mol. The fraction of sp³-hybridized carbons (Fsp3) is 0. The lowest BCUT2D eigenvalue weighted by Crippen LogP contribution is -2.22. The summed E-state index contributed by atoms with van der Waals surface area (Å²) in [6, 6.07) is 15.3. The van der Waals surface area contributed by atoms with Gasteiger partial charge in [0.2, 0.25) is 0 Å². The van der Waals surface area contributed by atoms with Crippen LogP contribution in [0.2, 0.25) is 0 Å². The molecule has 2 aromatic rings. The monoisotopic (exact) mass is 279 g/mol. The fourth-order valence-electron chi connectivity index (χ4n) is 1.75. The van der Waals surface area contributed by atoms with Crippen LogP contribution in [-0.4, -0.2) is 11.9 Å². The molecule has 2 aromatic carbocycles. The highest BCUT2D eigenvalue weighted by Gasteiger charge is 2.09. The van der Waals surface area contributed by atoms with E-state index < -0.39 is 0 Å². The van der Waals surface area contributed by atoms with Crippen molar-refractivity contribution in [3.8, 4) is 6.07 Å². The Balaban J connectivity index is 2.25. The second kappa shape index (κ2) is 6.21. The van der Waals surface area contributed by atoms with Gasteiger partial charge in [0.05, 0.1) is 16.9 Å². The van der Waals surface area contributed by atoms with E-state index in [1.807, 2.05) is 6.07 Å². The van der Waals surface area contributed by atoms with Gasteiger partial charge in [-0.1, -0.05) is 18.2 Å². The summed E-state index contributed by atoms with van der Waals surface area (Å²) in [6.07, 6.45) is 0. The first kappa shape index (κ1) is 14.1. The number of nitrogens with one attached hydrogen (secondary N) is 1. The normalized spacial score (nSPS) is 9.48. The van der Waals surface area contributed by atoms with Crippen molar-refractivity contribution in [2.45, 2.75) is 0 Å². The molecule has 0 bridgehead atoms. The van der Waals surface area contributed by atoms with Crippen molar-refractivity contribution in [3.05, 3.63) is 59.7 Å². The number of aliphatic imine (C=N–C) groups is 1. The molecule has 0 radical (unpaired) electrons. The Morgan fingerprint density at radius 1 is 1.14 bits per heavy atom. The topological polar surface area (TPSA) is 117 Å². The largest absolute Gasteiger partial charge is 0.370 e. The van der Waals surface area contributed by atoms with Gasteiger partial charge in [0.15, 0.2) is 5.96 Å². The van der Waals surface area contributed by atoms with Gasteiger partial charge < -0.3 is 16.8 Å². The lowest BCUT2D eigenvalue weighted by molar-refractivity contribution is 0.102. The van der Waals surface area contributed by atoms with E-state index in [0.717, 1.165) is 0 Å². The van der Waals surface area contributed by atoms with Crippen LogP contribution in [0.1, 0.15) is 15.9 Å². The molecule has 0 aliphatic heterocycles. The standard InChI is InChI=1S/C15H13N5O/c16-9-11-4-1-2-7-13(11)20-14(21)10-5-3-6-12(8-10)19-15(17)18/h1-8H,(H,20,21)(H4,17,18,19). The van der Waals surface area contributed by atoms with Crippen LogP contribution in [0, 0.1) is 11.3 Å². The Bertz CT molecular complexity index is 742. The minimum atomic E-state index is -0.342. The first-order chi connectivity index (χ1) is 10.1. The zero-order chi connectivity index (χ0) is 15.2. The summed E-state index contributed by atoms with van der Waals surface area (Å²) in [4.78, 5) is 16.1. The van der Waals surface area contributed by atoms with Crippen molar-refractivity contribution < 1.29 is 4.79 Å². The molecule has 0 spiro atoms.